The average molecular weight is 388 g/mol. The molecule has 1 aliphatic rings. The second kappa shape index (κ2) is 7.23. The number of aryl methyl sites for hydroxylation is 2. The van der Waals surface area contributed by atoms with Gasteiger partial charge in [-0.2, -0.15) is 0 Å². The first-order valence-electron chi connectivity index (χ1n) is 8.77. The van der Waals surface area contributed by atoms with E-state index >= 15 is 0 Å². The Hall–Kier alpha value is -2.54. The zero-order valence-electron chi connectivity index (χ0n) is 15.9. The molecule has 1 N–H and O–H groups in total. The number of nitrogens with one attached hydrogen (secondary N) is 1. The smallest absolute Gasteiger partial charge is 0.263 e. The number of carbonyl (C=O) groups is 1. The van der Waals surface area contributed by atoms with E-state index < -0.39 is 16.1 Å². The van der Waals surface area contributed by atoms with Crippen LogP contribution >= 0.6 is 0 Å². The van der Waals surface area contributed by atoms with E-state index in [0.29, 0.717) is 11.4 Å². The van der Waals surface area contributed by atoms with Crippen molar-refractivity contribution in [3.63, 3.8) is 0 Å². The van der Waals surface area contributed by atoms with Crippen molar-refractivity contribution in [1.82, 2.24) is 5.32 Å². The highest BCUT2D eigenvalue weighted by atomic mass is 32.2. The molecule has 0 aliphatic carbocycles. The van der Waals surface area contributed by atoms with Crippen LogP contribution in [0.5, 0.6) is 5.75 Å². The number of sulfonamides is 1. The predicted molar refractivity (Wildman–Crippen MR) is 106 cm³/mol. The van der Waals surface area contributed by atoms with Crippen molar-refractivity contribution in [3.8, 4) is 5.75 Å². The third-order valence-corrected chi connectivity index (χ3v) is 5.76. The van der Waals surface area contributed by atoms with Crippen molar-refractivity contribution in [3.05, 3.63) is 59.2 Å². The van der Waals surface area contributed by atoms with E-state index in [1.54, 1.807) is 12.1 Å². The molecule has 3 rings (SSSR count). The van der Waals surface area contributed by atoms with Crippen LogP contribution in [0.25, 0.3) is 0 Å². The summed E-state index contributed by atoms with van der Waals surface area (Å²) in [6, 6.07) is 13.0. The molecule has 6 nitrogen and oxygen atoms in total. The highest BCUT2D eigenvalue weighted by Gasteiger charge is 2.35. The van der Waals surface area contributed by atoms with Crippen LogP contribution in [0, 0.1) is 13.8 Å². The Morgan fingerprint density at radius 3 is 2.41 bits per heavy atom. The van der Waals surface area contributed by atoms with Crippen LogP contribution in [0.3, 0.4) is 0 Å². The van der Waals surface area contributed by atoms with Gasteiger partial charge >= 0.3 is 0 Å². The fraction of sp³-hybridized carbons (Fsp3) is 0.350. The van der Waals surface area contributed by atoms with Crippen molar-refractivity contribution < 1.29 is 17.9 Å². The van der Waals surface area contributed by atoms with Gasteiger partial charge in [0.05, 0.1) is 24.5 Å². The van der Waals surface area contributed by atoms with Crippen LogP contribution in [0.1, 0.15) is 29.7 Å². The molecule has 0 fully saturated rings. The minimum absolute atomic E-state index is 0.0538. The van der Waals surface area contributed by atoms with E-state index in [0.717, 1.165) is 22.9 Å². The number of anilines is 1. The summed E-state index contributed by atoms with van der Waals surface area (Å²) >= 11 is 0. The summed E-state index contributed by atoms with van der Waals surface area (Å²) in [7, 11) is -3.53. The highest BCUT2D eigenvalue weighted by Crippen LogP contribution is 2.35. The fourth-order valence-electron chi connectivity index (χ4n) is 3.06. The molecule has 2 atom stereocenters. The number of ether oxygens (including phenoxy) is 1. The molecule has 144 valence electrons. The zero-order valence-corrected chi connectivity index (χ0v) is 16.7. The van der Waals surface area contributed by atoms with Gasteiger partial charge in [-0.1, -0.05) is 35.9 Å². The van der Waals surface area contributed by atoms with Crippen LogP contribution in [-0.4, -0.2) is 33.2 Å². The van der Waals surface area contributed by atoms with Crippen molar-refractivity contribution in [2.45, 2.75) is 32.9 Å². The van der Waals surface area contributed by atoms with Gasteiger partial charge in [0.25, 0.3) is 5.91 Å². The number of hydrogen-bond donors (Lipinski definition) is 1. The zero-order chi connectivity index (χ0) is 19.8. The highest BCUT2D eigenvalue weighted by molar-refractivity contribution is 7.92. The lowest BCUT2D eigenvalue weighted by Crippen LogP contribution is -2.50. The Bertz CT molecular complexity index is 954. The van der Waals surface area contributed by atoms with Crippen molar-refractivity contribution in [1.29, 1.82) is 0 Å². The first kappa shape index (κ1) is 19.2. The third kappa shape index (κ3) is 4.24. The second-order valence-corrected chi connectivity index (χ2v) is 8.92. The molecular formula is C20H24N2O4S. The number of benzene rings is 2. The molecule has 0 radical (unpaired) electrons. The molecule has 0 unspecified atom stereocenters. The summed E-state index contributed by atoms with van der Waals surface area (Å²) in [5.74, 6) is 0.0448. The first-order valence-corrected chi connectivity index (χ1v) is 10.6. The van der Waals surface area contributed by atoms with E-state index in [1.807, 2.05) is 51.1 Å². The Morgan fingerprint density at radius 2 is 1.78 bits per heavy atom. The second-order valence-electron chi connectivity index (χ2n) is 7.01. The van der Waals surface area contributed by atoms with Gasteiger partial charge in [0, 0.05) is 0 Å². The predicted octanol–water partition coefficient (Wildman–Crippen LogP) is 2.71. The lowest BCUT2D eigenvalue weighted by atomic mass is 10.1. The maximum atomic E-state index is 12.7. The van der Waals surface area contributed by atoms with Crippen LogP contribution in [0.2, 0.25) is 0 Å². The molecular weight excluding hydrogens is 364 g/mol. The van der Waals surface area contributed by atoms with Gasteiger partial charge in [-0.25, -0.2) is 8.42 Å². The summed E-state index contributed by atoms with van der Waals surface area (Å²) in [6.07, 6.45) is 0.219. The maximum absolute atomic E-state index is 12.7. The molecule has 0 aromatic heterocycles. The van der Waals surface area contributed by atoms with Gasteiger partial charge in [-0.3, -0.25) is 9.10 Å². The molecule has 1 aliphatic heterocycles. The number of nitrogens with zero attached hydrogens (tertiary/aromatic N) is 1. The molecule has 2 aromatic rings. The van der Waals surface area contributed by atoms with Gasteiger partial charge in [0.15, 0.2) is 6.10 Å². The third-order valence-electron chi connectivity index (χ3n) is 4.61. The minimum Gasteiger partial charge on any atom is -0.476 e. The SMILES string of the molecule is Cc1ccc([C@@H](C)NC(=O)[C@H]2CN(S(C)(=O)=O)c3cc(C)ccc3O2)cc1. The van der Waals surface area contributed by atoms with E-state index in [9.17, 15) is 13.2 Å². The van der Waals surface area contributed by atoms with Gasteiger partial charge in [0.1, 0.15) is 5.75 Å². The quantitative estimate of drug-likeness (QED) is 0.874. The molecule has 2 aromatic carbocycles. The first-order chi connectivity index (χ1) is 12.6. The topological polar surface area (TPSA) is 75.7 Å². The van der Waals surface area contributed by atoms with Crippen molar-refractivity contribution in [2.24, 2.45) is 0 Å². The fourth-order valence-corrected chi connectivity index (χ4v) is 3.96. The number of hydrogen-bond acceptors (Lipinski definition) is 4. The molecule has 0 saturated carbocycles. The Kier molecular flexibility index (Phi) is 5.15. The summed E-state index contributed by atoms with van der Waals surface area (Å²) in [6.45, 7) is 5.71. The standard InChI is InChI=1S/C20H24N2O4S/c1-13-5-8-16(9-6-13)15(3)21-20(23)19-12-22(27(4,24)25)17-11-14(2)7-10-18(17)26-19/h5-11,15,19H,12H2,1-4H3,(H,21,23)/t15-,19-/m1/s1. The molecule has 0 spiro atoms. The molecule has 0 saturated heterocycles. The van der Waals surface area contributed by atoms with E-state index in [2.05, 4.69) is 5.32 Å². The largest absolute Gasteiger partial charge is 0.476 e. The Balaban J connectivity index is 1.81. The number of amides is 1. The van der Waals surface area contributed by atoms with Crippen LogP contribution in [-0.2, 0) is 14.8 Å². The Morgan fingerprint density at radius 1 is 1.15 bits per heavy atom. The Labute approximate surface area is 160 Å². The van der Waals surface area contributed by atoms with Gasteiger partial charge in [-0.15, -0.1) is 0 Å². The summed E-state index contributed by atoms with van der Waals surface area (Å²) in [4.78, 5) is 12.7. The van der Waals surface area contributed by atoms with E-state index in [1.165, 1.54) is 4.31 Å². The summed E-state index contributed by atoms with van der Waals surface area (Å²) in [5.41, 5.74) is 3.50. The van der Waals surface area contributed by atoms with E-state index in [4.69, 9.17) is 4.74 Å². The molecule has 27 heavy (non-hydrogen) atoms. The van der Waals surface area contributed by atoms with Crippen molar-refractivity contribution in [2.75, 3.05) is 17.1 Å². The number of carbonyl (C=O) groups excluding carboxylic acids is 1. The van der Waals surface area contributed by atoms with Gasteiger partial charge < -0.3 is 10.1 Å². The molecule has 1 amide bonds. The number of fused-ring (bicyclic) bond motifs is 1. The lowest BCUT2D eigenvalue weighted by molar-refractivity contribution is -0.128. The monoisotopic (exact) mass is 388 g/mol. The molecule has 1 heterocycles. The minimum atomic E-state index is -3.53. The van der Waals surface area contributed by atoms with Crippen molar-refractivity contribution >= 4 is 21.6 Å². The normalized spacial score (nSPS) is 17.6. The van der Waals surface area contributed by atoms with Crippen LogP contribution in [0.4, 0.5) is 5.69 Å². The van der Waals surface area contributed by atoms with Gasteiger partial charge in [-0.05, 0) is 44.0 Å². The molecule has 0 bridgehead atoms. The molecule has 7 heteroatoms. The van der Waals surface area contributed by atoms with E-state index in [-0.39, 0.29) is 18.5 Å². The number of rotatable bonds is 4. The van der Waals surface area contributed by atoms with Gasteiger partial charge in [0.2, 0.25) is 10.0 Å². The maximum Gasteiger partial charge on any atom is 0.263 e. The van der Waals surface area contributed by atoms with Crippen LogP contribution < -0.4 is 14.4 Å². The lowest BCUT2D eigenvalue weighted by Gasteiger charge is -2.34. The average Bonchev–Trinajstić information content (AvgIpc) is 2.60. The summed E-state index contributed by atoms with van der Waals surface area (Å²) < 4.78 is 31.5. The van der Waals surface area contributed by atoms with Crippen LogP contribution in [0.15, 0.2) is 42.5 Å². The summed E-state index contributed by atoms with van der Waals surface area (Å²) in [5, 5.41) is 2.91.